The first-order chi connectivity index (χ1) is 11.8. The van der Waals surface area contributed by atoms with Crippen LogP contribution in [0, 0.1) is 5.92 Å². The molecule has 1 amide bonds. The third-order valence-electron chi connectivity index (χ3n) is 4.62. The molecule has 3 aliphatic rings. The number of nitrogens with zero attached hydrogens (tertiary/aromatic N) is 1. The minimum absolute atomic E-state index is 0.0235. The fourth-order valence-electron chi connectivity index (χ4n) is 3.37. The lowest BCUT2D eigenvalue weighted by molar-refractivity contribution is -0.134. The number of fused-ring (bicyclic) bond motifs is 1. The van der Waals surface area contributed by atoms with E-state index in [4.69, 9.17) is 18.9 Å². The number of hydrogen-bond donors (Lipinski definition) is 0. The van der Waals surface area contributed by atoms with Crippen molar-refractivity contribution in [1.29, 1.82) is 0 Å². The fraction of sp³-hybridized carbons (Fsp3) is 0.500. The van der Waals surface area contributed by atoms with E-state index in [1.165, 1.54) is 0 Å². The highest BCUT2D eigenvalue weighted by Gasteiger charge is 2.32. The largest absolute Gasteiger partial charge is 0.454 e. The fourth-order valence-corrected chi connectivity index (χ4v) is 3.37. The molecule has 0 bridgehead atoms. The summed E-state index contributed by atoms with van der Waals surface area (Å²) in [6.07, 6.45) is 5.31. The van der Waals surface area contributed by atoms with Gasteiger partial charge in [0.15, 0.2) is 17.8 Å². The molecule has 6 nitrogen and oxygen atoms in total. The van der Waals surface area contributed by atoms with E-state index in [1.807, 2.05) is 29.2 Å². The molecule has 3 aliphatic heterocycles. The minimum Gasteiger partial charge on any atom is -0.454 e. The van der Waals surface area contributed by atoms with Gasteiger partial charge in [0.25, 0.3) is 0 Å². The first kappa shape index (κ1) is 15.5. The number of amides is 1. The van der Waals surface area contributed by atoms with Crippen LogP contribution < -0.4 is 9.47 Å². The van der Waals surface area contributed by atoms with Crippen molar-refractivity contribution in [2.45, 2.75) is 19.1 Å². The smallest absolute Gasteiger partial charge is 0.246 e. The van der Waals surface area contributed by atoms with Crippen LogP contribution in [0.25, 0.3) is 6.08 Å². The van der Waals surface area contributed by atoms with E-state index in [2.05, 4.69) is 0 Å². The zero-order valence-corrected chi connectivity index (χ0v) is 13.5. The van der Waals surface area contributed by atoms with Crippen molar-refractivity contribution in [1.82, 2.24) is 4.90 Å². The zero-order valence-electron chi connectivity index (χ0n) is 13.5. The Morgan fingerprint density at radius 3 is 2.88 bits per heavy atom. The van der Waals surface area contributed by atoms with E-state index in [9.17, 15) is 4.79 Å². The average Bonchev–Trinajstić information content (AvgIpc) is 3.30. The molecule has 0 aromatic heterocycles. The molecule has 1 aromatic carbocycles. The third kappa shape index (κ3) is 3.25. The second-order valence-corrected chi connectivity index (χ2v) is 6.24. The Morgan fingerprint density at radius 2 is 2.00 bits per heavy atom. The van der Waals surface area contributed by atoms with Gasteiger partial charge in [0, 0.05) is 25.1 Å². The lowest BCUT2D eigenvalue weighted by Gasteiger charge is -2.34. The van der Waals surface area contributed by atoms with Crippen molar-refractivity contribution < 1.29 is 23.7 Å². The van der Waals surface area contributed by atoms with Crippen molar-refractivity contribution in [3.8, 4) is 11.5 Å². The Labute approximate surface area is 140 Å². The number of ether oxygens (including phenoxy) is 4. The molecule has 0 saturated carbocycles. The molecule has 0 spiro atoms. The Morgan fingerprint density at radius 1 is 1.17 bits per heavy atom. The summed E-state index contributed by atoms with van der Waals surface area (Å²) in [4.78, 5) is 14.3. The van der Waals surface area contributed by atoms with Gasteiger partial charge in [-0.05, 0) is 36.6 Å². The summed E-state index contributed by atoms with van der Waals surface area (Å²) >= 11 is 0. The maximum absolute atomic E-state index is 12.5. The number of likely N-dealkylation sites (tertiary alicyclic amines) is 1. The zero-order chi connectivity index (χ0) is 16.4. The molecule has 4 rings (SSSR count). The van der Waals surface area contributed by atoms with E-state index >= 15 is 0 Å². The highest BCUT2D eigenvalue weighted by molar-refractivity contribution is 5.92. The topological polar surface area (TPSA) is 57.2 Å². The average molecular weight is 331 g/mol. The van der Waals surface area contributed by atoms with E-state index in [0.717, 1.165) is 36.4 Å². The van der Waals surface area contributed by atoms with Crippen LogP contribution in [0.3, 0.4) is 0 Å². The molecule has 2 saturated heterocycles. The Hall–Kier alpha value is -2.05. The molecule has 6 heteroatoms. The SMILES string of the molecule is O=C(/C=C/c1ccc2c(c1)OCO2)N1CCCC(C2OCCO2)C1. The summed E-state index contributed by atoms with van der Waals surface area (Å²) in [5.74, 6) is 1.76. The molecule has 1 unspecified atom stereocenters. The standard InChI is InChI=1S/C18H21NO5/c20-17(6-4-13-3-5-15-16(10-13)24-12-23-15)19-7-1-2-14(11-19)18-21-8-9-22-18/h3-6,10,14,18H,1-2,7-9,11-12H2/b6-4+. The number of rotatable bonds is 3. The van der Waals surface area contributed by atoms with Gasteiger partial charge >= 0.3 is 0 Å². The molecule has 24 heavy (non-hydrogen) atoms. The number of carbonyl (C=O) groups excluding carboxylic acids is 1. The van der Waals surface area contributed by atoms with Gasteiger partial charge in [0.2, 0.25) is 12.7 Å². The first-order valence-electron chi connectivity index (χ1n) is 8.39. The Balaban J connectivity index is 1.38. The highest BCUT2D eigenvalue weighted by Crippen LogP contribution is 2.33. The third-order valence-corrected chi connectivity index (χ3v) is 4.62. The van der Waals surface area contributed by atoms with Crippen LogP contribution in [0.15, 0.2) is 24.3 Å². The molecule has 0 N–H and O–H groups in total. The summed E-state index contributed by atoms with van der Waals surface area (Å²) in [5.41, 5.74) is 0.920. The molecule has 128 valence electrons. The quantitative estimate of drug-likeness (QED) is 0.794. The number of carbonyl (C=O) groups is 1. The van der Waals surface area contributed by atoms with Crippen LogP contribution in [0.1, 0.15) is 18.4 Å². The van der Waals surface area contributed by atoms with Crippen LogP contribution in [-0.2, 0) is 14.3 Å². The van der Waals surface area contributed by atoms with E-state index < -0.39 is 0 Å². The Bertz CT molecular complexity index is 638. The van der Waals surface area contributed by atoms with Gasteiger partial charge in [0.05, 0.1) is 13.2 Å². The van der Waals surface area contributed by atoms with Crippen molar-refractivity contribution in [2.75, 3.05) is 33.1 Å². The van der Waals surface area contributed by atoms with Gasteiger partial charge in [0.1, 0.15) is 0 Å². The molecule has 0 radical (unpaired) electrons. The normalized spacial score (nSPS) is 24.0. The number of hydrogen-bond acceptors (Lipinski definition) is 5. The van der Waals surface area contributed by atoms with Gasteiger partial charge in [-0.15, -0.1) is 0 Å². The summed E-state index contributed by atoms with van der Waals surface area (Å²) in [7, 11) is 0. The van der Waals surface area contributed by atoms with Gasteiger partial charge in [-0.25, -0.2) is 0 Å². The minimum atomic E-state index is -0.154. The maximum atomic E-state index is 12.5. The van der Waals surface area contributed by atoms with Crippen molar-refractivity contribution >= 4 is 12.0 Å². The number of benzene rings is 1. The predicted octanol–water partition coefficient (Wildman–Crippen LogP) is 2.04. The lowest BCUT2D eigenvalue weighted by Crippen LogP contribution is -2.43. The van der Waals surface area contributed by atoms with Crippen LogP contribution in [-0.4, -0.2) is 50.2 Å². The highest BCUT2D eigenvalue weighted by atomic mass is 16.7. The van der Waals surface area contributed by atoms with Gasteiger partial charge in [-0.1, -0.05) is 6.07 Å². The first-order valence-corrected chi connectivity index (χ1v) is 8.39. The van der Waals surface area contributed by atoms with Gasteiger partial charge < -0.3 is 23.8 Å². The second kappa shape index (κ2) is 6.83. The number of piperidine rings is 1. The molecular formula is C18H21NO5. The molecular weight excluding hydrogens is 310 g/mol. The molecule has 0 aliphatic carbocycles. The molecule has 2 fully saturated rings. The Kier molecular flexibility index (Phi) is 4.40. The summed E-state index contributed by atoms with van der Waals surface area (Å²) < 4.78 is 21.8. The monoisotopic (exact) mass is 331 g/mol. The van der Waals surface area contributed by atoms with Crippen LogP contribution in [0.2, 0.25) is 0 Å². The molecule has 3 heterocycles. The van der Waals surface area contributed by atoms with Crippen LogP contribution in [0.5, 0.6) is 11.5 Å². The van der Waals surface area contributed by atoms with E-state index in [0.29, 0.717) is 19.8 Å². The summed E-state index contributed by atoms with van der Waals surface area (Å²) in [6.45, 7) is 3.03. The second-order valence-electron chi connectivity index (χ2n) is 6.24. The van der Waals surface area contributed by atoms with Crippen LogP contribution >= 0.6 is 0 Å². The lowest BCUT2D eigenvalue weighted by atomic mass is 9.97. The van der Waals surface area contributed by atoms with Gasteiger partial charge in [-0.3, -0.25) is 4.79 Å². The van der Waals surface area contributed by atoms with Crippen molar-refractivity contribution in [2.24, 2.45) is 5.92 Å². The van der Waals surface area contributed by atoms with Gasteiger partial charge in [-0.2, -0.15) is 0 Å². The van der Waals surface area contributed by atoms with Crippen molar-refractivity contribution in [3.63, 3.8) is 0 Å². The molecule has 1 aromatic rings. The van der Waals surface area contributed by atoms with Crippen LogP contribution in [0.4, 0.5) is 0 Å². The maximum Gasteiger partial charge on any atom is 0.246 e. The van der Waals surface area contributed by atoms with Crippen molar-refractivity contribution in [3.05, 3.63) is 29.8 Å². The summed E-state index contributed by atoms with van der Waals surface area (Å²) in [6, 6.07) is 5.65. The molecule has 1 atom stereocenters. The van der Waals surface area contributed by atoms with E-state index in [-0.39, 0.29) is 24.9 Å². The summed E-state index contributed by atoms with van der Waals surface area (Å²) in [5, 5.41) is 0. The van der Waals surface area contributed by atoms with E-state index in [1.54, 1.807) is 6.08 Å². The predicted molar refractivity (Wildman–Crippen MR) is 86.6 cm³/mol.